The predicted molar refractivity (Wildman–Crippen MR) is 128 cm³/mol. The van der Waals surface area contributed by atoms with Gasteiger partial charge in [-0.25, -0.2) is 4.79 Å². The number of non-ortho nitro benzene ring substituents is 1. The number of nitro groups is 1. The Morgan fingerprint density at radius 2 is 1.74 bits per heavy atom. The first kappa shape index (κ1) is 22.2. The van der Waals surface area contributed by atoms with Crippen molar-refractivity contribution in [3.63, 3.8) is 0 Å². The molecule has 0 saturated heterocycles. The van der Waals surface area contributed by atoms with Crippen molar-refractivity contribution in [3.8, 4) is 11.8 Å². The van der Waals surface area contributed by atoms with Gasteiger partial charge in [0.25, 0.3) is 5.69 Å². The van der Waals surface area contributed by atoms with Crippen molar-refractivity contribution in [2.75, 3.05) is 0 Å². The lowest BCUT2D eigenvalue weighted by atomic mass is 9.98. The van der Waals surface area contributed by atoms with Crippen LogP contribution in [0.1, 0.15) is 27.0 Å². The number of aromatic carboxylic acids is 1. The molecule has 1 N–H and O–H groups in total. The summed E-state index contributed by atoms with van der Waals surface area (Å²) in [5.41, 5.74) is 2.35. The Hall–Kier alpha value is -4.96. The molecule has 34 heavy (non-hydrogen) atoms. The number of ether oxygens (including phenoxy) is 1. The van der Waals surface area contributed by atoms with Crippen molar-refractivity contribution >= 4 is 34.1 Å². The van der Waals surface area contributed by atoms with Crippen LogP contribution in [0.15, 0.2) is 84.9 Å². The number of carbonyl (C=O) groups is 1. The van der Waals surface area contributed by atoms with Gasteiger partial charge in [-0.15, -0.1) is 0 Å². The number of rotatable bonds is 7. The maximum atomic E-state index is 11.1. The van der Waals surface area contributed by atoms with E-state index in [0.717, 1.165) is 10.8 Å². The number of carboxylic acids is 1. The highest BCUT2D eigenvalue weighted by Gasteiger charge is 2.12. The summed E-state index contributed by atoms with van der Waals surface area (Å²) >= 11 is 0. The van der Waals surface area contributed by atoms with Crippen LogP contribution in [0.3, 0.4) is 0 Å². The normalized spacial score (nSPS) is 11.1. The van der Waals surface area contributed by atoms with E-state index in [-0.39, 0.29) is 17.9 Å². The van der Waals surface area contributed by atoms with Crippen LogP contribution < -0.4 is 4.74 Å². The van der Waals surface area contributed by atoms with E-state index in [2.05, 4.69) is 6.07 Å². The molecule has 0 heterocycles. The van der Waals surface area contributed by atoms with Crippen LogP contribution >= 0.6 is 0 Å². The summed E-state index contributed by atoms with van der Waals surface area (Å²) in [6, 6.07) is 25.9. The Balaban J connectivity index is 1.75. The standard InChI is InChI=1S/C27H18N2O5/c28-16-22(19-8-10-21(11-9-19)27(30)31)15-25-24-7-2-1-5-20(24)12-13-26(25)34-17-18-4-3-6-23(14-18)29(32)33/h1-15H,17H2,(H,30,31)/b22-15-. The van der Waals surface area contributed by atoms with Crippen molar-refractivity contribution < 1.29 is 19.6 Å². The first-order valence-electron chi connectivity index (χ1n) is 10.3. The Morgan fingerprint density at radius 3 is 2.44 bits per heavy atom. The van der Waals surface area contributed by atoms with E-state index in [1.165, 1.54) is 24.3 Å². The Bertz CT molecular complexity index is 1470. The maximum Gasteiger partial charge on any atom is 0.335 e. The number of allylic oxidation sites excluding steroid dienone is 1. The Morgan fingerprint density at radius 1 is 1.00 bits per heavy atom. The molecule has 7 nitrogen and oxygen atoms in total. The number of hydrogen-bond acceptors (Lipinski definition) is 5. The molecule has 0 spiro atoms. The van der Waals surface area contributed by atoms with Crippen LogP contribution in [-0.2, 0) is 6.61 Å². The van der Waals surface area contributed by atoms with Crippen LogP contribution in [-0.4, -0.2) is 16.0 Å². The summed E-state index contributed by atoms with van der Waals surface area (Å²) in [4.78, 5) is 21.8. The molecule has 0 aromatic heterocycles. The topological polar surface area (TPSA) is 113 Å². The smallest absolute Gasteiger partial charge is 0.335 e. The highest BCUT2D eigenvalue weighted by atomic mass is 16.6. The van der Waals surface area contributed by atoms with Crippen molar-refractivity contribution in [3.05, 3.63) is 117 Å². The van der Waals surface area contributed by atoms with E-state index in [0.29, 0.717) is 28.0 Å². The van der Waals surface area contributed by atoms with E-state index >= 15 is 0 Å². The molecule has 4 aromatic rings. The van der Waals surface area contributed by atoms with E-state index in [1.54, 1.807) is 36.4 Å². The van der Waals surface area contributed by atoms with Crippen LogP contribution in [0.25, 0.3) is 22.4 Å². The average molecular weight is 450 g/mol. The van der Waals surface area contributed by atoms with E-state index in [4.69, 9.17) is 9.84 Å². The van der Waals surface area contributed by atoms with E-state index < -0.39 is 10.9 Å². The summed E-state index contributed by atoms with van der Waals surface area (Å²) in [6.07, 6.45) is 1.71. The molecule has 0 amide bonds. The van der Waals surface area contributed by atoms with Gasteiger partial charge in [0, 0.05) is 17.7 Å². The van der Waals surface area contributed by atoms with Gasteiger partial charge in [0.2, 0.25) is 0 Å². The van der Waals surface area contributed by atoms with Crippen LogP contribution in [0, 0.1) is 21.4 Å². The first-order valence-corrected chi connectivity index (χ1v) is 10.3. The van der Waals surface area contributed by atoms with Crippen molar-refractivity contribution in [2.24, 2.45) is 0 Å². The zero-order valence-electron chi connectivity index (χ0n) is 17.8. The molecule has 7 heteroatoms. The average Bonchev–Trinajstić information content (AvgIpc) is 2.86. The molecule has 166 valence electrons. The first-order chi connectivity index (χ1) is 16.5. The lowest BCUT2D eigenvalue weighted by molar-refractivity contribution is -0.384. The fraction of sp³-hybridized carbons (Fsp3) is 0.0370. The minimum Gasteiger partial charge on any atom is -0.488 e. The lowest BCUT2D eigenvalue weighted by Gasteiger charge is -2.13. The number of fused-ring (bicyclic) bond motifs is 1. The molecule has 0 saturated carbocycles. The van der Waals surface area contributed by atoms with Crippen LogP contribution in [0.2, 0.25) is 0 Å². The molecule has 0 unspecified atom stereocenters. The summed E-state index contributed by atoms with van der Waals surface area (Å²) < 4.78 is 6.04. The van der Waals surface area contributed by atoms with Crippen molar-refractivity contribution in [2.45, 2.75) is 6.61 Å². The second-order valence-corrected chi connectivity index (χ2v) is 7.47. The second-order valence-electron chi connectivity index (χ2n) is 7.47. The third-order valence-electron chi connectivity index (χ3n) is 5.30. The summed E-state index contributed by atoms with van der Waals surface area (Å²) in [5, 5.41) is 31.9. The molecular weight excluding hydrogens is 432 g/mol. The van der Waals surface area contributed by atoms with E-state index in [1.807, 2.05) is 30.3 Å². The summed E-state index contributed by atoms with van der Waals surface area (Å²) in [6.45, 7) is 0.107. The molecule has 0 aliphatic carbocycles. The van der Waals surface area contributed by atoms with Gasteiger partial charge in [0.05, 0.1) is 22.1 Å². The fourth-order valence-corrected chi connectivity index (χ4v) is 3.59. The molecule has 4 rings (SSSR count). The van der Waals surface area contributed by atoms with Gasteiger partial charge < -0.3 is 9.84 Å². The molecular formula is C27H18N2O5. The van der Waals surface area contributed by atoms with Crippen LogP contribution in [0.4, 0.5) is 5.69 Å². The monoisotopic (exact) mass is 450 g/mol. The lowest BCUT2D eigenvalue weighted by Crippen LogP contribution is -1.99. The molecule has 4 aromatic carbocycles. The molecule has 0 bridgehead atoms. The largest absolute Gasteiger partial charge is 0.488 e. The van der Waals surface area contributed by atoms with Crippen molar-refractivity contribution in [1.29, 1.82) is 5.26 Å². The quantitative estimate of drug-likeness (QED) is 0.158. The van der Waals surface area contributed by atoms with E-state index in [9.17, 15) is 20.2 Å². The maximum absolute atomic E-state index is 11.1. The fourth-order valence-electron chi connectivity index (χ4n) is 3.59. The van der Waals surface area contributed by atoms with Gasteiger partial charge in [-0.05, 0) is 46.2 Å². The summed E-state index contributed by atoms with van der Waals surface area (Å²) in [5.74, 6) is -0.528. The summed E-state index contributed by atoms with van der Waals surface area (Å²) in [7, 11) is 0. The number of nitriles is 1. The minimum absolute atomic E-state index is 0.0173. The SMILES string of the molecule is N#C/C(=C/c1c(OCc2cccc([N+](=O)[O-])c2)ccc2ccccc12)c1ccc(C(=O)O)cc1. The zero-order valence-corrected chi connectivity index (χ0v) is 17.8. The number of nitrogens with zero attached hydrogens (tertiary/aromatic N) is 2. The minimum atomic E-state index is -1.04. The number of benzene rings is 4. The Labute approximate surface area is 194 Å². The third kappa shape index (κ3) is 4.76. The second kappa shape index (κ2) is 9.67. The number of carboxylic acid groups (broad SMARTS) is 1. The van der Waals surface area contributed by atoms with Gasteiger partial charge in [0.1, 0.15) is 12.4 Å². The number of nitro benzene ring substituents is 1. The third-order valence-corrected chi connectivity index (χ3v) is 5.30. The van der Waals surface area contributed by atoms with Crippen molar-refractivity contribution in [1.82, 2.24) is 0 Å². The van der Waals surface area contributed by atoms with Crippen LogP contribution in [0.5, 0.6) is 5.75 Å². The zero-order chi connectivity index (χ0) is 24.1. The number of hydrogen-bond donors (Lipinski definition) is 1. The highest BCUT2D eigenvalue weighted by molar-refractivity contribution is 6.00. The van der Waals surface area contributed by atoms with Gasteiger partial charge >= 0.3 is 5.97 Å². The molecule has 0 atom stereocenters. The van der Waals surface area contributed by atoms with Gasteiger partial charge in [-0.2, -0.15) is 5.26 Å². The van der Waals surface area contributed by atoms with Gasteiger partial charge in [-0.1, -0.05) is 54.6 Å². The Kier molecular flexibility index (Phi) is 6.33. The molecule has 0 aliphatic rings. The molecule has 0 aliphatic heterocycles. The molecule has 0 fully saturated rings. The van der Waals surface area contributed by atoms with Gasteiger partial charge in [0.15, 0.2) is 0 Å². The molecule has 0 radical (unpaired) electrons. The highest BCUT2D eigenvalue weighted by Crippen LogP contribution is 2.32. The predicted octanol–water partition coefficient (Wildman–Crippen LogP) is 6.09. The van der Waals surface area contributed by atoms with Gasteiger partial charge in [-0.3, -0.25) is 10.1 Å².